The fraction of sp³-hybridized carbons (Fsp3) is 0.350. The SMILES string of the molecule is COc1cc(CNC(=O)CN(c2ccc(I)cc2)S(C)(=O)=O)ccc1OC(C)C. The fourth-order valence-corrected chi connectivity index (χ4v) is 3.78. The second-order valence-corrected chi connectivity index (χ2v) is 9.83. The van der Waals surface area contributed by atoms with E-state index in [9.17, 15) is 13.2 Å². The molecule has 0 radical (unpaired) electrons. The predicted octanol–water partition coefficient (Wildman–Crippen LogP) is 3.17. The molecule has 0 spiro atoms. The van der Waals surface area contributed by atoms with Crippen molar-refractivity contribution in [1.82, 2.24) is 5.32 Å². The highest BCUT2D eigenvalue weighted by Gasteiger charge is 2.20. The van der Waals surface area contributed by atoms with Gasteiger partial charge >= 0.3 is 0 Å². The van der Waals surface area contributed by atoms with Gasteiger partial charge in [-0.1, -0.05) is 6.07 Å². The van der Waals surface area contributed by atoms with Gasteiger partial charge in [-0.25, -0.2) is 8.42 Å². The molecule has 0 aliphatic rings. The second kappa shape index (κ2) is 10.1. The molecule has 0 fully saturated rings. The van der Waals surface area contributed by atoms with Crippen molar-refractivity contribution in [2.24, 2.45) is 0 Å². The van der Waals surface area contributed by atoms with E-state index in [4.69, 9.17) is 9.47 Å². The maximum Gasteiger partial charge on any atom is 0.241 e. The van der Waals surface area contributed by atoms with Crippen LogP contribution in [0.25, 0.3) is 0 Å². The maximum absolute atomic E-state index is 12.4. The smallest absolute Gasteiger partial charge is 0.241 e. The molecule has 2 rings (SSSR count). The molecular formula is C20H25IN2O5S. The van der Waals surface area contributed by atoms with Gasteiger partial charge in [-0.15, -0.1) is 0 Å². The number of benzene rings is 2. The number of carbonyl (C=O) groups is 1. The van der Waals surface area contributed by atoms with E-state index in [1.807, 2.05) is 19.9 Å². The van der Waals surface area contributed by atoms with Crippen LogP contribution in [-0.4, -0.2) is 40.3 Å². The van der Waals surface area contributed by atoms with Gasteiger partial charge in [-0.2, -0.15) is 0 Å². The molecule has 0 heterocycles. The number of amides is 1. The summed E-state index contributed by atoms with van der Waals surface area (Å²) in [7, 11) is -2.05. The predicted molar refractivity (Wildman–Crippen MR) is 122 cm³/mol. The van der Waals surface area contributed by atoms with E-state index < -0.39 is 15.9 Å². The lowest BCUT2D eigenvalue weighted by Gasteiger charge is -2.22. The number of sulfonamides is 1. The van der Waals surface area contributed by atoms with Crippen LogP contribution < -0.4 is 19.1 Å². The normalized spacial score (nSPS) is 11.2. The summed E-state index contributed by atoms with van der Waals surface area (Å²) >= 11 is 2.13. The van der Waals surface area contributed by atoms with Gasteiger partial charge < -0.3 is 14.8 Å². The summed E-state index contributed by atoms with van der Waals surface area (Å²) in [4.78, 5) is 12.4. The summed E-state index contributed by atoms with van der Waals surface area (Å²) in [6.45, 7) is 3.79. The zero-order valence-electron chi connectivity index (χ0n) is 16.8. The summed E-state index contributed by atoms with van der Waals surface area (Å²) in [5.74, 6) is 0.789. The lowest BCUT2D eigenvalue weighted by atomic mass is 10.2. The Balaban J connectivity index is 2.06. The molecule has 2 aromatic rings. The van der Waals surface area contributed by atoms with E-state index in [0.29, 0.717) is 17.2 Å². The number of anilines is 1. The summed E-state index contributed by atoms with van der Waals surface area (Å²) in [5.41, 5.74) is 1.26. The lowest BCUT2D eigenvalue weighted by molar-refractivity contribution is -0.119. The van der Waals surface area contributed by atoms with E-state index in [2.05, 4.69) is 27.9 Å². The van der Waals surface area contributed by atoms with E-state index in [1.54, 1.807) is 43.5 Å². The topological polar surface area (TPSA) is 84.9 Å². The van der Waals surface area contributed by atoms with Crippen LogP contribution in [0.5, 0.6) is 11.5 Å². The van der Waals surface area contributed by atoms with Gasteiger partial charge in [0.05, 0.1) is 25.2 Å². The molecule has 0 aliphatic carbocycles. The summed E-state index contributed by atoms with van der Waals surface area (Å²) in [5, 5.41) is 2.75. The lowest BCUT2D eigenvalue weighted by Crippen LogP contribution is -2.40. The molecule has 1 N–H and O–H groups in total. The molecular weight excluding hydrogens is 507 g/mol. The quantitative estimate of drug-likeness (QED) is 0.502. The number of ether oxygens (including phenoxy) is 2. The van der Waals surface area contributed by atoms with Crippen molar-refractivity contribution in [2.75, 3.05) is 24.2 Å². The first-order valence-corrected chi connectivity index (χ1v) is 11.9. The van der Waals surface area contributed by atoms with E-state index >= 15 is 0 Å². The Kier molecular flexibility index (Phi) is 8.14. The monoisotopic (exact) mass is 532 g/mol. The molecule has 9 heteroatoms. The number of halogens is 1. The molecule has 0 aromatic heterocycles. The third-order valence-corrected chi connectivity index (χ3v) is 5.74. The molecule has 0 saturated heterocycles. The van der Waals surface area contributed by atoms with Crippen molar-refractivity contribution in [1.29, 1.82) is 0 Å². The molecule has 0 atom stereocenters. The van der Waals surface area contributed by atoms with E-state index in [1.165, 1.54) is 0 Å². The average Bonchev–Trinajstić information content (AvgIpc) is 2.65. The van der Waals surface area contributed by atoms with Gasteiger partial charge in [-0.3, -0.25) is 9.10 Å². The molecule has 0 unspecified atom stereocenters. The standard InChI is InChI=1S/C20H25IN2O5S/c1-14(2)28-18-10-5-15(11-19(18)27-3)12-22-20(24)13-23(29(4,25)26)17-8-6-16(21)7-9-17/h5-11,14H,12-13H2,1-4H3,(H,22,24). The molecule has 0 aliphatic heterocycles. The maximum atomic E-state index is 12.4. The third kappa shape index (κ3) is 7.07. The minimum Gasteiger partial charge on any atom is -0.493 e. The second-order valence-electron chi connectivity index (χ2n) is 6.67. The van der Waals surface area contributed by atoms with Crippen LogP contribution in [0.3, 0.4) is 0 Å². The Morgan fingerprint density at radius 3 is 2.34 bits per heavy atom. The largest absolute Gasteiger partial charge is 0.493 e. The Labute approximate surface area is 185 Å². The van der Waals surface area contributed by atoms with Gasteiger partial charge in [0.25, 0.3) is 0 Å². The Bertz CT molecular complexity index is 946. The van der Waals surface area contributed by atoms with Crippen LogP contribution in [0, 0.1) is 3.57 Å². The first kappa shape index (κ1) is 23.3. The van der Waals surface area contributed by atoms with Crippen molar-refractivity contribution < 1.29 is 22.7 Å². The number of methoxy groups -OCH3 is 1. The highest BCUT2D eigenvalue weighted by Crippen LogP contribution is 2.29. The van der Waals surface area contributed by atoms with Crippen molar-refractivity contribution in [3.8, 4) is 11.5 Å². The van der Waals surface area contributed by atoms with Crippen molar-refractivity contribution in [2.45, 2.75) is 26.5 Å². The molecule has 2 aromatic carbocycles. The number of carbonyl (C=O) groups excluding carboxylic acids is 1. The molecule has 0 saturated carbocycles. The number of hydrogen-bond donors (Lipinski definition) is 1. The molecule has 7 nitrogen and oxygen atoms in total. The van der Waals surface area contributed by atoms with Crippen LogP contribution in [0.15, 0.2) is 42.5 Å². The van der Waals surface area contributed by atoms with Gasteiger partial charge in [-0.05, 0) is 78.4 Å². The van der Waals surface area contributed by atoms with Crippen LogP contribution in [0.4, 0.5) is 5.69 Å². The Morgan fingerprint density at radius 1 is 1.14 bits per heavy atom. The van der Waals surface area contributed by atoms with Gasteiger partial charge in [0, 0.05) is 10.1 Å². The number of nitrogens with zero attached hydrogens (tertiary/aromatic N) is 1. The fourth-order valence-electron chi connectivity index (χ4n) is 2.57. The number of rotatable bonds is 9. The zero-order chi connectivity index (χ0) is 21.6. The summed E-state index contributed by atoms with van der Waals surface area (Å²) < 4.78 is 37.4. The highest BCUT2D eigenvalue weighted by atomic mass is 127. The molecule has 0 bridgehead atoms. The zero-order valence-corrected chi connectivity index (χ0v) is 19.8. The average molecular weight is 532 g/mol. The first-order valence-electron chi connectivity index (χ1n) is 8.93. The Morgan fingerprint density at radius 2 is 1.79 bits per heavy atom. The molecule has 158 valence electrons. The third-order valence-electron chi connectivity index (χ3n) is 3.88. The van der Waals surface area contributed by atoms with Crippen LogP contribution >= 0.6 is 22.6 Å². The first-order chi connectivity index (χ1) is 13.6. The Hall–Kier alpha value is -2.01. The minimum absolute atomic E-state index is 0.0118. The number of hydrogen-bond acceptors (Lipinski definition) is 5. The minimum atomic E-state index is -3.60. The summed E-state index contributed by atoms with van der Waals surface area (Å²) in [6.07, 6.45) is 1.09. The van der Waals surface area contributed by atoms with Crippen molar-refractivity contribution >= 4 is 44.2 Å². The van der Waals surface area contributed by atoms with E-state index in [0.717, 1.165) is 19.7 Å². The van der Waals surface area contributed by atoms with Crippen molar-refractivity contribution in [3.05, 3.63) is 51.6 Å². The number of nitrogens with one attached hydrogen (secondary N) is 1. The van der Waals surface area contributed by atoms with Gasteiger partial charge in [0.15, 0.2) is 11.5 Å². The van der Waals surface area contributed by atoms with Crippen LogP contribution in [-0.2, 0) is 21.4 Å². The van der Waals surface area contributed by atoms with E-state index in [-0.39, 0.29) is 19.2 Å². The highest BCUT2D eigenvalue weighted by molar-refractivity contribution is 14.1. The van der Waals surface area contributed by atoms with Gasteiger partial charge in [0.1, 0.15) is 6.54 Å². The van der Waals surface area contributed by atoms with Crippen LogP contribution in [0.2, 0.25) is 0 Å². The van der Waals surface area contributed by atoms with Crippen molar-refractivity contribution in [3.63, 3.8) is 0 Å². The molecule has 29 heavy (non-hydrogen) atoms. The summed E-state index contributed by atoms with van der Waals surface area (Å²) in [6, 6.07) is 12.3. The van der Waals surface area contributed by atoms with Crippen LogP contribution in [0.1, 0.15) is 19.4 Å². The molecule has 1 amide bonds. The van der Waals surface area contributed by atoms with Gasteiger partial charge in [0.2, 0.25) is 15.9 Å².